The molecule has 1 saturated heterocycles. The summed E-state index contributed by atoms with van der Waals surface area (Å²) < 4.78 is 25.1. The van der Waals surface area contributed by atoms with Crippen LogP contribution in [0.5, 0.6) is 0 Å². The number of aromatic nitrogens is 3. The first kappa shape index (κ1) is 21.3. The highest BCUT2D eigenvalue weighted by molar-refractivity contribution is 7.99. The number of fused-ring (bicyclic) bond motifs is 1. The summed E-state index contributed by atoms with van der Waals surface area (Å²) >= 11 is 2.67. The summed E-state index contributed by atoms with van der Waals surface area (Å²) in [5, 5.41) is 12.2. The molecule has 0 bridgehead atoms. The number of nitrogens with one attached hydrogen (secondary N) is 1. The number of nitrogens with two attached hydrogens (primary N) is 1. The predicted octanol–water partition coefficient (Wildman–Crippen LogP) is 1.17. The van der Waals surface area contributed by atoms with Crippen molar-refractivity contribution in [2.45, 2.75) is 37.3 Å². The van der Waals surface area contributed by atoms with E-state index in [1.165, 1.54) is 23.1 Å². The van der Waals surface area contributed by atoms with Crippen molar-refractivity contribution >= 4 is 49.8 Å². The van der Waals surface area contributed by atoms with Gasteiger partial charge in [-0.3, -0.25) is 9.59 Å². The average molecular weight is 470 g/mol. The summed E-state index contributed by atoms with van der Waals surface area (Å²) in [5.41, 5.74) is 6.95. The first-order chi connectivity index (χ1) is 14.2. The number of rotatable bonds is 7. The lowest BCUT2D eigenvalue weighted by atomic mass is 10.1. The molecule has 2 aliphatic rings. The number of carbonyl (C=O) groups excluding carboxylic acids is 2. The third-order valence-corrected chi connectivity index (χ3v) is 9.54. The quantitative estimate of drug-likeness (QED) is 0.581. The Morgan fingerprint density at radius 3 is 2.83 bits per heavy atom. The number of carbonyl (C=O) groups is 2. The Labute approximate surface area is 182 Å². The molecule has 1 aliphatic heterocycles. The van der Waals surface area contributed by atoms with Crippen molar-refractivity contribution in [1.82, 2.24) is 14.8 Å². The summed E-state index contributed by atoms with van der Waals surface area (Å²) in [5.74, 6) is 0.565. The largest absolute Gasteiger partial charge is 0.365 e. The number of anilines is 1. The molecule has 1 unspecified atom stereocenters. The monoisotopic (exact) mass is 469 g/mol. The zero-order valence-corrected chi connectivity index (χ0v) is 19.0. The second kappa shape index (κ2) is 8.31. The minimum absolute atomic E-state index is 0.0621. The van der Waals surface area contributed by atoms with Crippen LogP contribution in [0.25, 0.3) is 0 Å². The van der Waals surface area contributed by atoms with Gasteiger partial charge in [-0.15, -0.1) is 21.5 Å². The SMILES string of the molecule is Cn1c(CC2CCS(=O)(=O)C2)nnc1SCC(=O)Nc1sc2c(c1C(N)=O)CCC2. The number of aryl methyl sites for hydroxylation is 1. The normalized spacial score (nSPS) is 19.7. The number of thiophene rings is 1. The Balaban J connectivity index is 1.36. The second-order valence-corrected chi connectivity index (χ2v) is 12.0. The molecule has 1 fully saturated rings. The maximum Gasteiger partial charge on any atom is 0.251 e. The van der Waals surface area contributed by atoms with E-state index in [4.69, 9.17) is 5.73 Å². The van der Waals surface area contributed by atoms with Gasteiger partial charge < -0.3 is 15.6 Å². The first-order valence-electron chi connectivity index (χ1n) is 9.69. The van der Waals surface area contributed by atoms with Crippen LogP contribution in [0.3, 0.4) is 0 Å². The Kier molecular flexibility index (Phi) is 5.90. The third kappa shape index (κ3) is 4.40. The first-order valence-corrected chi connectivity index (χ1v) is 13.3. The maximum absolute atomic E-state index is 12.5. The fourth-order valence-corrected chi connectivity index (χ4v) is 7.89. The van der Waals surface area contributed by atoms with E-state index in [2.05, 4.69) is 15.5 Å². The highest BCUT2D eigenvalue weighted by Gasteiger charge is 2.29. The zero-order chi connectivity index (χ0) is 21.5. The second-order valence-electron chi connectivity index (χ2n) is 7.69. The van der Waals surface area contributed by atoms with Gasteiger partial charge in [-0.2, -0.15) is 0 Å². The highest BCUT2D eigenvalue weighted by atomic mass is 32.2. The molecule has 2 aromatic rings. The van der Waals surface area contributed by atoms with E-state index in [0.29, 0.717) is 34.4 Å². The molecular weight excluding hydrogens is 446 g/mol. The summed E-state index contributed by atoms with van der Waals surface area (Å²) in [7, 11) is -1.12. The Morgan fingerprint density at radius 2 is 2.13 bits per heavy atom. The number of hydrogen-bond donors (Lipinski definition) is 2. The van der Waals surface area contributed by atoms with Crippen molar-refractivity contribution in [2.75, 3.05) is 22.6 Å². The van der Waals surface area contributed by atoms with Crippen LogP contribution in [-0.2, 0) is 40.9 Å². The summed E-state index contributed by atoms with van der Waals surface area (Å²) in [4.78, 5) is 25.4. The van der Waals surface area contributed by atoms with Crippen LogP contribution >= 0.6 is 23.1 Å². The molecule has 0 spiro atoms. The molecule has 2 amide bonds. The number of hydrogen-bond acceptors (Lipinski definition) is 8. The van der Waals surface area contributed by atoms with Gasteiger partial charge in [0.15, 0.2) is 15.0 Å². The van der Waals surface area contributed by atoms with Crippen molar-refractivity contribution in [1.29, 1.82) is 0 Å². The van der Waals surface area contributed by atoms with Crippen molar-refractivity contribution in [3.05, 3.63) is 21.8 Å². The van der Waals surface area contributed by atoms with Crippen LogP contribution in [0.15, 0.2) is 5.16 Å². The van der Waals surface area contributed by atoms with Gasteiger partial charge in [-0.05, 0) is 37.2 Å². The molecule has 1 aliphatic carbocycles. The molecule has 4 rings (SSSR count). The molecule has 3 heterocycles. The fourth-order valence-electron chi connectivity index (χ4n) is 3.99. The minimum atomic E-state index is -2.93. The van der Waals surface area contributed by atoms with Crippen molar-refractivity contribution in [2.24, 2.45) is 18.7 Å². The standard InChI is InChI=1S/C18H23N5O4S3/c1-23-13(7-10-5-6-30(26,27)9-10)21-22-18(23)28-8-14(24)20-17-15(16(19)25)11-3-2-4-12(11)29-17/h10H,2-9H2,1H3,(H2,19,25)(H,20,24). The molecule has 9 nitrogen and oxygen atoms in total. The topological polar surface area (TPSA) is 137 Å². The number of amides is 2. The van der Waals surface area contributed by atoms with Crippen LogP contribution in [0.2, 0.25) is 0 Å². The third-order valence-electron chi connectivity index (χ3n) is 5.48. The average Bonchev–Trinajstić information content (AvgIpc) is 3.39. The minimum Gasteiger partial charge on any atom is -0.365 e. The molecular formula is C18H23N5O4S3. The van der Waals surface area contributed by atoms with Gasteiger partial charge in [-0.25, -0.2) is 8.42 Å². The van der Waals surface area contributed by atoms with E-state index in [-0.39, 0.29) is 29.1 Å². The predicted molar refractivity (Wildman–Crippen MR) is 116 cm³/mol. The van der Waals surface area contributed by atoms with E-state index in [9.17, 15) is 18.0 Å². The summed E-state index contributed by atoms with van der Waals surface area (Å²) in [6.45, 7) is 0. The van der Waals surface area contributed by atoms with E-state index in [0.717, 1.165) is 29.7 Å². The lowest BCUT2D eigenvalue weighted by Gasteiger charge is -2.08. The number of sulfone groups is 1. The van der Waals surface area contributed by atoms with Gasteiger partial charge in [0.2, 0.25) is 5.91 Å². The molecule has 12 heteroatoms. The fraction of sp³-hybridized carbons (Fsp3) is 0.556. The molecule has 30 heavy (non-hydrogen) atoms. The molecule has 162 valence electrons. The van der Waals surface area contributed by atoms with Gasteiger partial charge in [0.1, 0.15) is 10.8 Å². The molecule has 2 aromatic heterocycles. The van der Waals surface area contributed by atoms with Crippen LogP contribution in [0.1, 0.15) is 39.5 Å². The van der Waals surface area contributed by atoms with Crippen molar-refractivity contribution < 1.29 is 18.0 Å². The number of thioether (sulfide) groups is 1. The Morgan fingerprint density at radius 1 is 1.33 bits per heavy atom. The summed E-state index contributed by atoms with van der Waals surface area (Å²) in [6.07, 6.45) is 3.94. The number of nitrogens with zero attached hydrogens (tertiary/aromatic N) is 3. The van der Waals surface area contributed by atoms with Crippen molar-refractivity contribution in [3.8, 4) is 0 Å². The van der Waals surface area contributed by atoms with Crippen LogP contribution in [-0.4, -0.2) is 52.3 Å². The molecule has 1 atom stereocenters. The molecule has 3 N–H and O–H groups in total. The molecule has 0 aromatic carbocycles. The van der Waals surface area contributed by atoms with Gasteiger partial charge >= 0.3 is 0 Å². The van der Waals surface area contributed by atoms with E-state index < -0.39 is 15.7 Å². The highest BCUT2D eigenvalue weighted by Crippen LogP contribution is 2.39. The van der Waals surface area contributed by atoms with E-state index >= 15 is 0 Å². The molecule has 0 radical (unpaired) electrons. The zero-order valence-electron chi connectivity index (χ0n) is 16.5. The molecule has 0 saturated carbocycles. The van der Waals surface area contributed by atoms with Gasteiger partial charge in [0.05, 0.1) is 22.8 Å². The van der Waals surface area contributed by atoms with Crippen LogP contribution < -0.4 is 11.1 Å². The van der Waals surface area contributed by atoms with Crippen molar-refractivity contribution in [3.63, 3.8) is 0 Å². The van der Waals surface area contributed by atoms with Gasteiger partial charge in [0.25, 0.3) is 5.91 Å². The Bertz CT molecular complexity index is 1110. The smallest absolute Gasteiger partial charge is 0.251 e. The van der Waals surface area contributed by atoms with Gasteiger partial charge in [-0.1, -0.05) is 11.8 Å². The lowest BCUT2D eigenvalue weighted by Crippen LogP contribution is -2.19. The Hall–Kier alpha value is -1.92. The van der Waals surface area contributed by atoms with E-state index in [1.807, 2.05) is 7.05 Å². The lowest BCUT2D eigenvalue weighted by molar-refractivity contribution is -0.113. The number of primary amides is 1. The van der Waals surface area contributed by atoms with E-state index in [1.54, 1.807) is 4.57 Å². The summed E-state index contributed by atoms with van der Waals surface area (Å²) in [6, 6.07) is 0. The van der Waals surface area contributed by atoms with Crippen LogP contribution in [0.4, 0.5) is 5.00 Å². The van der Waals surface area contributed by atoms with Crippen LogP contribution in [0, 0.1) is 5.92 Å². The maximum atomic E-state index is 12.5. The van der Waals surface area contributed by atoms with Gasteiger partial charge in [0, 0.05) is 18.3 Å².